The quantitative estimate of drug-likeness (QED) is 0.852. The summed E-state index contributed by atoms with van der Waals surface area (Å²) in [6.07, 6.45) is 3.23. The van der Waals surface area contributed by atoms with Crippen molar-refractivity contribution in [2.75, 3.05) is 32.8 Å². The lowest BCUT2D eigenvalue weighted by Gasteiger charge is -2.38. The maximum absolute atomic E-state index is 12.7. The molecular weight excluding hydrogens is 304 g/mol. The molecule has 1 saturated carbocycles. The second kappa shape index (κ2) is 7.24. The smallest absolute Gasteiger partial charge is 0.253 e. The Kier molecular flexibility index (Phi) is 5.07. The lowest BCUT2D eigenvalue weighted by atomic mass is 9.84. The molecular formula is C19H26N2O3. The van der Waals surface area contributed by atoms with E-state index < -0.39 is 0 Å². The highest BCUT2D eigenvalue weighted by Gasteiger charge is 2.32. The topological polar surface area (TPSA) is 49.9 Å². The lowest BCUT2D eigenvalue weighted by Crippen LogP contribution is -2.52. The Morgan fingerprint density at radius 3 is 2.33 bits per heavy atom. The molecule has 1 aromatic rings. The number of carbonyl (C=O) groups is 2. The molecule has 0 atom stereocenters. The number of piperazine rings is 1. The Morgan fingerprint density at radius 2 is 1.79 bits per heavy atom. The predicted octanol–water partition coefficient (Wildman–Crippen LogP) is 2.48. The number of amides is 2. The molecule has 2 aliphatic rings. The molecule has 2 amide bonds. The molecule has 0 bridgehead atoms. The van der Waals surface area contributed by atoms with Crippen molar-refractivity contribution in [3.63, 3.8) is 0 Å². The van der Waals surface area contributed by atoms with E-state index in [1.807, 2.05) is 41.8 Å². The summed E-state index contributed by atoms with van der Waals surface area (Å²) in [5, 5.41) is 0. The van der Waals surface area contributed by atoms with Gasteiger partial charge in [-0.05, 0) is 50.5 Å². The Hall–Kier alpha value is -2.04. The molecule has 130 valence electrons. The van der Waals surface area contributed by atoms with E-state index in [4.69, 9.17) is 4.74 Å². The van der Waals surface area contributed by atoms with Gasteiger partial charge < -0.3 is 14.5 Å². The van der Waals surface area contributed by atoms with Crippen LogP contribution in [0.2, 0.25) is 0 Å². The fourth-order valence-corrected chi connectivity index (χ4v) is 3.33. The van der Waals surface area contributed by atoms with Crippen LogP contribution in [0.3, 0.4) is 0 Å². The average molecular weight is 330 g/mol. The van der Waals surface area contributed by atoms with E-state index in [1.165, 1.54) is 6.42 Å². The minimum atomic E-state index is 0.0388. The monoisotopic (exact) mass is 330 g/mol. The normalized spacial score (nSPS) is 18.2. The van der Waals surface area contributed by atoms with Crippen LogP contribution in [0.5, 0.6) is 5.75 Å². The fraction of sp³-hybridized carbons (Fsp3) is 0.579. The molecule has 1 saturated heterocycles. The first-order chi connectivity index (χ1) is 11.6. The third kappa shape index (κ3) is 3.40. The van der Waals surface area contributed by atoms with Crippen LogP contribution in [0.15, 0.2) is 18.2 Å². The van der Waals surface area contributed by atoms with Crippen LogP contribution in [0.1, 0.15) is 42.1 Å². The third-order valence-electron chi connectivity index (χ3n) is 5.05. The lowest BCUT2D eigenvalue weighted by molar-refractivity contribution is -0.139. The molecule has 5 heteroatoms. The van der Waals surface area contributed by atoms with Crippen molar-refractivity contribution in [3.8, 4) is 5.75 Å². The molecule has 0 aromatic heterocycles. The summed E-state index contributed by atoms with van der Waals surface area (Å²) in [5.41, 5.74) is 1.66. The largest absolute Gasteiger partial charge is 0.494 e. The number of benzene rings is 1. The zero-order valence-corrected chi connectivity index (χ0v) is 14.6. The van der Waals surface area contributed by atoms with Crippen LogP contribution in [0.25, 0.3) is 0 Å². The standard InChI is InChI=1S/C19H26N2O3/c1-3-24-17-8-7-16(13-14(17)2)19(23)21-11-9-20(10-12-21)18(22)15-5-4-6-15/h7-8,13,15H,3-6,9-12H2,1-2H3. The zero-order valence-electron chi connectivity index (χ0n) is 14.6. The van der Waals surface area contributed by atoms with Gasteiger partial charge >= 0.3 is 0 Å². The molecule has 1 aliphatic heterocycles. The first-order valence-electron chi connectivity index (χ1n) is 8.91. The van der Waals surface area contributed by atoms with Gasteiger partial charge in [0.2, 0.25) is 5.91 Å². The van der Waals surface area contributed by atoms with Crippen molar-refractivity contribution in [2.45, 2.75) is 33.1 Å². The van der Waals surface area contributed by atoms with Gasteiger partial charge in [-0.25, -0.2) is 0 Å². The van der Waals surface area contributed by atoms with Crippen LogP contribution in [0.4, 0.5) is 0 Å². The minimum absolute atomic E-state index is 0.0388. The van der Waals surface area contributed by atoms with Crippen molar-refractivity contribution >= 4 is 11.8 Å². The van der Waals surface area contributed by atoms with Crippen molar-refractivity contribution in [3.05, 3.63) is 29.3 Å². The first-order valence-corrected chi connectivity index (χ1v) is 8.91. The number of hydrogen-bond donors (Lipinski definition) is 0. The molecule has 1 aromatic carbocycles. The fourth-order valence-electron chi connectivity index (χ4n) is 3.33. The van der Waals surface area contributed by atoms with Gasteiger partial charge in [0.05, 0.1) is 6.61 Å². The zero-order chi connectivity index (χ0) is 17.1. The Labute approximate surface area is 143 Å². The molecule has 0 N–H and O–H groups in total. The molecule has 5 nitrogen and oxygen atoms in total. The van der Waals surface area contributed by atoms with Crippen LogP contribution in [-0.4, -0.2) is 54.4 Å². The molecule has 3 rings (SSSR count). The maximum atomic E-state index is 12.7. The second-order valence-corrected chi connectivity index (χ2v) is 6.66. The summed E-state index contributed by atoms with van der Waals surface area (Å²) < 4.78 is 5.53. The van der Waals surface area contributed by atoms with Crippen LogP contribution in [0, 0.1) is 12.8 Å². The van der Waals surface area contributed by atoms with Crippen molar-refractivity contribution in [1.29, 1.82) is 0 Å². The number of aryl methyl sites for hydroxylation is 1. The van der Waals surface area contributed by atoms with Crippen LogP contribution >= 0.6 is 0 Å². The van der Waals surface area contributed by atoms with Gasteiger partial charge in [-0.3, -0.25) is 9.59 Å². The minimum Gasteiger partial charge on any atom is -0.494 e. The number of rotatable bonds is 4. The van der Waals surface area contributed by atoms with Gasteiger partial charge in [-0.15, -0.1) is 0 Å². The molecule has 0 radical (unpaired) electrons. The summed E-state index contributed by atoms with van der Waals surface area (Å²) in [7, 11) is 0. The van der Waals surface area contributed by atoms with Crippen molar-refractivity contribution in [2.24, 2.45) is 5.92 Å². The third-order valence-corrected chi connectivity index (χ3v) is 5.05. The first kappa shape index (κ1) is 16.8. The summed E-state index contributed by atoms with van der Waals surface area (Å²) in [6.45, 7) is 7.05. The highest BCUT2D eigenvalue weighted by Crippen LogP contribution is 2.28. The second-order valence-electron chi connectivity index (χ2n) is 6.66. The summed E-state index contributed by atoms with van der Waals surface area (Å²) in [6, 6.07) is 5.58. The highest BCUT2D eigenvalue weighted by molar-refractivity contribution is 5.94. The Balaban J connectivity index is 1.58. The van der Waals surface area contributed by atoms with E-state index in [0.717, 1.165) is 24.2 Å². The number of ether oxygens (including phenoxy) is 1. The number of carbonyl (C=O) groups excluding carboxylic acids is 2. The summed E-state index contributed by atoms with van der Waals surface area (Å²) in [5.74, 6) is 1.38. The van der Waals surface area contributed by atoms with Crippen molar-refractivity contribution < 1.29 is 14.3 Å². The number of nitrogens with zero attached hydrogens (tertiary/aromatic N) is 2. The predicted molar refractivity (Wildman–Crippen MR) is 92.2 cm³/mol. The molecule has 2 fully saturated rings. The van der Waals surface area contributed by atoms with Crippen molar-refractivity contribution in [1.82, 2.24) is 9.80 Å². The molecule has 0 spiro atoms. The Bertz CT molecular complexity index is 617. The highest BCUT2D eigenvalue weighted by atomic mass is 16.5. The van der Waals surface area contributed by atoms with Gasteiger partial charge in [0.1, 0.15) is 5.75 Å². The molecule has 1 heterocycles. The molecule has 24 heavy (non-hydrogen) atoms. The molecule has 0 unspecified atom stereocenters. The average Bonchev–Trinajstić information content (AvgIpc) is 2.55. The van der Waals surface area contributed by atoms with Crippen LogP contribution < -0.4 is 4.74 Å². The van der Waals surface area contributed by atoms with Crippen LogP contribution in [-0.2, 0) is 4.79 Å². The number of hydrogen-bond acceptors (Lipinski definition) is 3. The van der Waals surface area contributed by atoms with Gasteiger partial charge in [-0.2, -0.15) is 0 Å². The van der Waals surface area contributed by atoms with Gasteiger partial charge in [-0.1, -0.05) is 6.42 Å². The van der Waals surface area contributed by atoms with E-state index in [1.54, 1.807) is 0 Å². The van der Waals surface area contributed by atoms with E-state index in [0.29, 0.717) is 38.3 Å². The van der Waals surface area contributed by atoms with E-state index in [-0.39, 0.29) is 17.7 Å². The Morgan fingerprint density at radius 1 is 1.12 bits per heavy atom. The van der Waals surface area contributed by atoms with Gasteiger partial charge in [0.15, 0.2) is 0 Å². The maximum Gasteiger partial charge on any atom is 0.253 e. The summed E-state index contributed by atoms with van der Waals surface area (Å²) >= 11 is 0. The van der Waals surface area contributed by atoms with E-state index in [9.17, 15) is 9.59 Å². The summed E-state index contributed by atoms with van der Waals surface area (Å²) in [4.78, 5) is 28.7. The molecule has 1 aliphatic carbocycles. The SMILES string of the molecule is CCOc1ccc(C(=O)N2CCN(C(=O)C3CCC3)CC2)cc1C. The van der Waals surface area contributed by atoms with E-state index >= 15 is 0 Å². The van der Waals surface area contributed by atoms with Gasteiger partial charge in [0, 0.05) is 37.7 Å². The van der Waals surface area contributed by atoms with Gasteiger partial charge in [0.25, 0.3) is 5.91 Å². The van der Waals surface area contributed by atoms with E-state index in [2.05, 4.69) is 0 Å².